The second kappa shape index (κ2) is 12.1. The Kier molecular flexibility index (Phi) is 8.67. The zero-order valence-corrected chi connectivity index (χ0v) is 22.7. The normalized spacial score (nSPS) is 17.8. The number of likely N-dealkylation sites (tertiary alicyclic amines) is 1. The smallest absolute Gasteiger partial charge is 0.227 e. The first-order valence-corrected chi connectivity index (χ1v) is 14.1. The highest BCUT2D eigenvalue weighted by molar-refractivity contribution is 6.30. The van der Waals surface area contributed by atoms with E-state index in [1.807, 2.05) is 48.5 Å². The predicted octanol–water partition coefficient (Wildman–Crippen LogP) is 7.77. The number of carbonyl (C=O) groups is 1. The molecule has 38 heavy (non-hydrogen) atoms. The van der Waals surface area contributed by atoms with E-state index in [9.17, 15) is 13.6 Å². The Morgan fingerprint density at radius 3 is 1.87 bits per heavy atom. The molecule has 1 saturated heterocycles. The zero-order chi connectivity index (χ0) is 26.6. The summed E-state index contributed by atoms with van der Waals surface area (Å²) in [5, 5.41) is 4.45. The number of nitrogens with zero attached hydrogens (tertiary/aromatic N) is 1. The third kappa shape index (κ3) is 6.39. The van der Waals surface area contributed by atoms with Gasteiger partial charge in [0.2, 0.25) is 5.91 Å². The van der Waals surface area contributed by atoms with Gasteiger partial charge in [-0.05, 0) is 71.8 Å². The van der Waals surface area contributed by atoms with Gasteiger partial charge in [0.05, 0.1) is 12.0 Å². The fourth-order valence-electron chi connectivity index (χ4n) is 6.01. The van der Waals surface area contributed by atoms with Gasteiger partial charge in [-0.15, -0.1) is 0 Å². The molecule has 200 valence electrons. The fourth-order valence-corrected chi connectivity index (χ4v) is 6.27. The van der Waals surface area contributed by atoms with Crippen LogP contribution >= 0.6 is 23.2 Å². The van der Waals surface area contributed by atoms with E-state index in [4.69, 9.17) is 23.2 Å². The van der Waals surface area contributed by atoms with Crippen molar-refractivity contribution in [3.05, 3.63) is 105 Å². The second-order valence-corrected chi connectivity index (χ2v) is 11.5. The maximum Gasteiger partial charge on any atom is 0.227 e. The van der Waals surface area contributed by atoms with Gasteiger partial charge >= 0.3 is 0 Å². The number of halogens is 4. The summed E-state index contributed by atoms with van der Waals surface area (Å²) in [7, 11) is 0. The Bertz CT molecular complexity index is 1170. The average Bonchev–Trinajstić information content (AvgIpc) is 2.88. The van der Waals surface area contributed by atoms with Crippen molar-refractivity contribution in [2.45, 2.75) is 44.1 Å². The number of amides is 1. The van der Waals surface area contributed by atoms with Crippen LogP contribution in [-0.4, -0.2) is 30.4 Å². The molecule has 1 aliphatic heterocycles. The van der Waals surface area contributed by atoms with Crippen LogP contribution in [0.5, 0.6) is 0 Å². The number of benzene rings is 3. The first-order valence-electron chi connectivity index (χ1n) is 13.4. The highest BCUT2D eigenvalue weighted by Gasteiger charge is 2.42. The van der Waals surface area contributed by atoms with Crippen LogP contribution in [0.25, 0.3) is 0 Å². The summed E-state index contributed by atoms with van der Waals surface area (Å²) in [5.41, 5.74) is 2.54. The molecule has 1 aliphatic carbocycles. The van der Waals surface area contributed by atoms with Crippen molar-refractivity contribution < 1.29 is 13.6 Å². The molecule has 0 radical (unpaired) electrons. The van der Waals surface area contributed by atoms with Crippen LogP contribution in [0.4, 0.5) is 8.78 Å². The van der Waals surface area contributed by atoms with Crippen molar-refractivity contribution >= 4 is 29.1 Å². The summed E-state index contributed by atoms with van der Waals surface area (Å²) in [6.07, 6.45) is 5.85. The van der Waals surface area contributed by atoms with E-state index in [0.717, 1.165) is 30.0 Å². The molecule has 1 amide bonds. The first-order chi connectivity index (χ1) is 18.4. The van der Waals surface area contributed by atoms with Crippen molar-refractivity contribution in [2.24, 2.45) is 11.8 Å². The van der Waals surface area contributed by atoms with Crippen molar-refractivity contribution in [3.8, 4) is 0 Å². The minimum Gasteiger partial charge on any atom is -0.355 e. The van der Waals surface area contributed by atoms with Crippen LogP contribution in [-0.2, 0) is 4.79 Å². The van der Waals surface area contributed by atoms with Gasteiger partial charge in [-0.1, -0.05) is 66.7 Å². The number of hydrogen-bond donors (Lipinski definition) is 1. The molecule has 3 aromatic rings. The van der Waals surface area contributed by atoms with Crippen molar-refractivity contribution in [1.82, 2.24) is 10.2 Å². The highest BCUT2D eigenvalue weighted by Crippen LogP contribution is 2.41. The highest BCUT2D eigenvalue weighted by atomic mass is 35.5. The number of hydrogen-bond acceptors (Lipinski definition) is 2. The first kappa shape index (κ1) is 27.1. The van der Waals surface area contributed by atoms with Crippen molar-refractivity contribution in [2.75, 3.05) is 19.6 Å². The molecule has 3 nitrogen and oxygen atoms in total. The maximum absolute atomic E-state index is 14.2. The summed E-state index contributed by atoms with van der Waals surface area (Å²) in [4.78, 5) is 15.8. The molecule has 5 rings (SSSR count). The van der Waals surface area contributed by atoms with Gasteiger partial charge in [0.15, 0.2) is 0 Å². The lowest BCUT2D eigenvalue weighted by Crippen LogP contribution is -2.53. The molecular formula is C31H32Cl2F2N2O. The van der Waals surface area contributed by atoms with E-state index in [0.29, 0.717) is 41.2 Å². The topological polar surface area (TPSA) is 32.3 Å². The molecule has 0 aromatic heterocycles. The summed E-state index contributed by atoms with van der Waals surface area (Å²) >= 11 is 12.3. The molecule has 3 aromatic carbocycles. The van der Waals surface area contributed by atoms with Crippen molar-refractivity contribution in [3.63, 3.8) is 0 Å². The molecule has 2 fully saturated rings. The number of rotatable bonds is 8. The van der Waals surface area contributed by atoms with Crippen LogP contribution in [0.3, 0.4) is 0 Å². The Labute approximate surface area is 233 Å². The third-order valence-electron chi connectivity index (χ3n) is 7.96. The summed E-state index contributed by atoms with van der Waals surface area (Å²) < 4.78 is 28.4. The van der Waals surface area contributed by atoms with E-state index in [1.165, 1.54) is 31.4 Å². The van der Waals surface area contributed by atoms with Crippen molar-refractivity contribution in [1.29, 1.82) is 0 Å². The Morgan fingerprint density at radius 2 is 1.34 bits per heavy atom. The molecule has 1 unspecified atom stereocenters. The quantitative estimate of drug-likeness (QED) is 0.307. The lowest BCUT2D eigenvalue weighted by Gasteiger charge is -2.47. The van der Waals surface area contributed by atoms with Gasteiger partial charge in [-0.3, -0.25) is 9.69 Å². The molecule has 2 aliphatic rings. The lowest BCUT2D eigenvalue weighted by atomic mass is 9.78. The van der Waals surface area contributed by atoms with E-state index in [1.54, 1.807) is 0 Å². The standard InChI is InChI=1S/C31H32Cl2F2N2O/c32-25-10-6-21(7-11-25)30(22-8-12-26(33)13-9-22)37-18-24(19-37)29(23-14-27(34)16-28(35)15-23)31(38)36-17-20-4-2-1-3-5-20/h6-16,20,24,29-30H,1-5,17-19H2,(H,36,38). The van der Waals surface area contributed by atoms with Crippen LogP contribution in [0.15, 0.2) is 66.7 Å². The van der Waals surface area contributed by atoms with Crippen LogP contribution in [0.2, 0.25) is 10.0 Å². The Hall–Kier alpha value is -2.47. The fraction of sp³-hybridized carbons (Fsp3) is 0.387. The monoisotopic (exact) mass is 556 g/mol. The summed E-state index contributed by atoms with van der Waals surface area (Å²) in [6.45, 7) is 1.83. The minimum atomic E-state index is -0.665. The summed E-state index contributed by atoms with van der Waals surface area (Å²) in [6, 6.07) is 18.9. The molecule has 1 atom stereocenters. The SMILES string of the molecule is O=C(NCC1CCCCC1)C(c1cc(F)cc(F)c1)C1CN(C(c2ccc(Cl)cc2)c2ccc(Cl)cc2)C1. The van der Waals surface area contributed by atoms with Gasteiger partial charge in [-0.25, -0.2) is 8.78 Å². The molecule has 1 heterocycles. The van der Waals surface area contributed by atoms with Crippen LogP contribution < -0.4 is 5.32 Å². The van der Waals surface area contributed by atoms with Gasteiger partial charge in [0.25, 0.3) is 0 Å². The van der Waals surface area contributed by atoms with Gasteiger partial charge in [0.1, 0.15) is 11.6 Å². The maximum atomic E-state index is 14.2. The molecule has 0 bridgehead atoms. The van der Waals surface area contributed by atoms with E-state index in [-0.39, 0.29) is 17.9 Å². The number of nitrogens with one attached hydrogen (secondary N) is 1. The van der Waals surface area contributed by atoms with Crippen LogP contribution in [0, 0.1) is 23.5 Å². The minimum absolute atomic E-state index is 0.0593. The van der Waals surface area contributed by atoms with Gasteiger partial charge in [0, 0.05) is 41.7 Å². The molecule has 1 saturated carbocycles. The zero-order valence-electron chi connectivity index (χ0n) is 21.2. The predicted molar refractivity (Wildman–Crippen MR) is 148 cm³/mol. The van der Waals surface area contributed by atoms with Gasteiger partial charge in [-0.2, -0.15) is 0 Å². The average molecular weight is 558 g/mol. The number of carbonyl (C=O) groups excluding carboxylic acids is 1. The molecule has 1 N–H and O–H groups in total. The molecule has 7 heteroatoms. The van der Waals surface area contributed by atoms with E-state index >= 15 is 0 Å². The second-order valence-electron chi connectivity index (χ2n) is 10.6. The molecular weight excluding hydrogens is 525 g/mol. The summed E-state index contributed by atoms with van der Waals surface area (Å²) in [5.74, 6) is -1.72. The van der Waals surface area contributed by atoms with Crippen LogP contribution in [0.1, 0.15) is 60.8 Å². The van der Waals surface area contributed by atoms with Gasteiger partial charge < -0.3 is 5.32 Å². The molecule has 0 spiro atoms. The largest absolute Gasteiger partial charge is 0.355 e. The van der Waals surface area contributed by atoms with E-state index < -0.39 is 17.6 Å². The third-order valence-corrected chi connectivity index (χ3v) is 8.47. The Balaban J connectivity index is 1.37. The lowest BCUT2D eigenvalue weighted by molar-refractivity contribution is -0.126. The van der Waals surface area contributed by atoms with E-state index in [2.05, 4.69) is 10.2 Å². The Morgan fingerprint density at radius 1 is 0.816 bits per heavy atom.